The van der Waals surface area contributed by atoms with Gasteiger partial charge in [-0.05, 0) is 55.7 Å². The molecule has 0 aliphatic carbocycles. The molecule has 1 heterocycles. The van der Waals surface area contributed by atoms with E-state index in [1.807, 2.05) is 12.4 Å². The van der Waals surface area contributed by atoms with Crippen molar-refractivity contribution >= 4 is 15.9 Å². The SMILES string of the molecule is CC(Cc1ccc(Br)cc1)NC(C)c1ccncc1. The van der Waals surface area contributed by atoms with E-state index in [0.29, 0.717) is 12.1 Å². The van der Waals surface area contributed by atoms with Crippen LogP contribution in [0.4, 0.5) is 0 Å². The number of pyridine rings is 1. The number of halogens is 1. The number of benzene rings is 1. The maximum Gasteiger partial charge on any atom is 0.0295 e. The first-order chi connectivity index (χ1) is 9.15. The summed E-state index contributed by atoms with van der Waals surface area (Å²) in [5, 5.41) is 3.62. The third-order valence-electron chi connectivity index (χ3n) is 3.20. The number of aromatic nitrogens is 1. The summed E-state index contributed by atoms with van der Waals surface area (Å²) >= 11 is 3.46. The van der Waals surface area contributed by atoms with Crippen LogP contribution < -0.4 is 5.32 Å². The fourth-order valence-corrected chi connectivity index (χ4v) is 2.47. The molecule has 1 aromatic carbocycles. The predicted octanol–water partition coefficient (Wildman–Crippen LogP) is 4.13. The van der Waals surface area contributed by atoms with E-state index in [4.69, 9.17) is 0 Å². The Balaban J connectivity index is 1.90. The third-order valence-corrected chi connectivity index (χ3v) is 3.72. The summed E-state index contributed by atoms with van der Waals surface area (Å²) in [6.07, 6.45) is 4.71. The van der Waals surface area contributed by atoms with Crippen molar-refractivity contribution in [2.45, 2.75) is 32.4 Å². The van der Waals surface area contributed by atoms with Crippen LogP contribution in [0.25, 0.3) is 0 Å². The highest BCUT2D eigenvalue weighted by molar-refractivity contribution is 9.10. The van der Waals surface area contributed by atoms with Gasteiger partial charge in [-0.3, -0.25) is 4.98 Å². The fourth-order valence-electron chi connectivity index (χ4n) is 2.21. The standard InChI is InChI=1S/C16H19BrN2/c1-12(11-14-3-5-16(17)6-4-14)19-13(2)15-7-9-18-10-8-15/h3-10,12-13,19H,11H2,1-2H3. The monoisotopic (exact) mass is 318 g/mol. The Hall–Kier alpha value is -1.19. The van der Waals surface area contributed by atoms with Gasteiger partial charge >= 0.3 is 0 Å². The van der Waals surface area contributed by atoms with E-state index in [2.05, 4.69) is 76.5 Å². The molecule has 1 aromatic heterocycles. The van der Waals surface area contributed by atoms with E-state index in [-0.39, 0.29) is 0 Å². The van der Waals surface area contributed by atoms with Crippen LogP contribution in [-0.2, 0) is 6.42 Å². The molecular formula is C16H19BrN2. The predicted molar refractivity (Wildman–Crippen MR) is 83.1 cm³/mol. The lowest BCUT2D eigenvalue weighted by atomic mass is 10.0. The largest absolute Gasteiger partial charge is 0.307 e. The maximum atomic E-state index is 4.05. The number of rotatable bonds is 5. The van der Waals surface area contributed by atoms with Crippen LogP contribution in [0.3, 0.4) is 0 Å². The van der Waals surface area contributed by atoms with Gasteiger partial charge in [0.2, 0.25) is 0 Å². The molecule has 0 saturated carbocycles. The molecule has 0 fully saturated rings. The lowest BCUT2D eigenvalue weighted by Crippen LogP contribution is -2.30. The first-order valence-corrected chi connectivity index (χ1v) is 7.35. The molecule has 2 aromatic rings. The molecule has 0 saturated heterocycles. The number of hydrogen-bond donors (Lipinski definition) is 1. The second kappa shape index (κ2) is 6.83. The molecule has 2 unspecified atom stereocenters. The van der Waals surface area contributed by atoms with Crippen LogP contribution in [0, 0.1) is 0 Å². The summed E-state index contributed by atoms with van der Waals surface area (Å²) in [5.41, 5.74) is 2.63. The van der Waals surface area contributed by atoms with Gasteiger partial charge in [0.15, 0.2) is 0 Å². The van der Waals surface area contributed by atoms with Gasteiger partial charge in [0, 0.05) is 29.0 Å². The molecule has 2 rings (SSSR count). The Morgan fingerprint density at radius 2 is 1.68 bits per heavy atom. The molecular weight excluding hydrogens is 300 g/mol. The van der Waals surface area contributed by atoms with E-state index in [9.17, 15) is 0 Å². The van der Waals surface area contributed by atoms with E-state index in [0.717, 1.165) is 10.9 Å². The van der Waals surface area contributed by atoms with Crippen molar-refractivity contribution in [1.29, 1.82) is 0 Å². The highest BCUT2D eigenvalue weighted by Gasteiger charge is 2.09. The summed E-state index contributed by atoms with van der Waals surface area (Å²) in [4.78, 5) is 4.05. The smallest absolute Gasteiger partial charge is 0.0295 e. The Kier molecular flexibility index (Phi) is 5.11. The molecule has 0 aliphatic heterocycles. The van der Waals surface area contributed by atoms with Crippen molar-refractivity contribution in [3.63, 3.8) is 0 Å². The second-order valence-electron chi connectivity index (χ2n) is 4.90. The molecule has 0 aliphatic rings. The number of nitrogens with zero attached hydrogens (tertiary/aromatic N) is 1. The van der Waals surface area contributed by atoms with Crippen molar-refractivity contribution in [2.75, 3.05) is 0 Å². The van der Waals surface area contributed by atoms with Gasteiger partial charge in [0.25, 0.3) is 0 Å². The third kappa shape index (κ3) is 4.44. The number of hydrogen-bond acceptors (Lipinski definition) is 2. The van der Waals surface area contributed by atoms with Gasteiger partial charge in [-0.25, -0.2) is 0 Å². The Morgan fingerprint density at radius 1 is 1.05 bits per heavy atom. The van der Waals surface area contributed by atoms with Crippen LogP contribution in [-0.4, -0.2) is 11.0 Å². The van der Waals surface area contributed by atoms with Crippen LogP contribution in [0.5, 0.6) is 0 Å². The molecule has 2 nitrogen and oxygen atoms in total. The van der Waals surface area contributed by atoms with Crippen LogP contribution in [0.2, 0.25) is 0 Å². The molecule has 3 heteroatoms. The van der Waals surface area contributed by atoms with Crippen LogP contribution in [0.1, 0.15) is 31.0 Å². The number of nitrogens with one attached hydrogen (secondary N) is 1. The topological polar surface area (TPSA) is 24.9 Å². The maximum absolute atomic E-state index is 4.05. The average Bonchev–Trinajstić information content (AvgIpc) is 2.42. The molecule has 2 atom stereocenters. The first kappa shape index (κ1) is 14.2. The lowest BCUT2D eigenvalue weighted by Gasteiger charge is -2.20. The molecule has 0 bridgehead atoms. The fraction of sp³-hybridized carbons (Fsp3) is 0.312. The van der Waals surface area contributed by atoms with E-state index in [1.165, 1.54) is 11.1 Å². The quantitative estimate of drug-likeness (QED) is 0.896. The average molecular weight is 319 g/mol. The molecule has 19 heavy (non-hydrogen) atoms. The van der Waals surface area contributed by atoms with Crippen molar-refractivity contribution in [3.8, 4) is 0 Å². The Morgan fingerprint density at radius 3 is 2.32 bits per heavy atom. The summed E-state index contributed by atoms with van der Waals surface area (Å²) in [6.45, 7) is 4.41. The molecule has 1 N–H and O–H groups in total. The van der Waals surface area contributed by atoms with Gasteiger partial charge in [0.05, 0.1) is 0 Å². The van der Waals surface area contributed by atoms with E-state index in [1.54, 1.807) is 0 Å². The highest BCUT2D eigenvalue weighted by atomic mass is 79.9. The first-order valence-electron chi connectivity index (χ1n) is 6.55. The van der Waals surface area contributed by atoms with Crippen molar-refractivity contribution in [1.82, 2.24) is 10.3 Å². The summed E-state index contributed by atoms with van der Waals surface area (Å²) in [6, 6.07) is 13.4. The van der Waals surface area contributed by atoms with Gasteiger partial charge in [-0.15, -0.1) is 0 Å². The van der Waals surface area contributed by atoms with Crippen LogP contribution in [0.15, 0.2) is 53.3 Å². The van der Waals surface area contributed by atoms with Crippen molar-refractivity contribution < 1.29 is 0 Å². The van der Waals surface area contributed by atoms with Crippen molar-refractivity contribution in [2.24, 2.45) is 0 Å². The zero-order valence-corrected chi connectivity index (χ0v) is 12.9. The highest BCUT2D eigenvalue weighted by Crippen LogP contribution is 2.15. The molecule has 0 spiro atoms. The Bertz CT molecular complexity index is 496. The van der Waals surface area contributed by atoms with Gasteiger partial charge in [-0.1, -0.05) is 28.1 Å². The van der Waals surface area contributed by atoms with E-state index < -0.39 is 0 Å². The molecule has 100 valence electrons. The van der Waals surface area contributed by atoms with Gasteiger partial charge < -0.3 is 5.32 Å². The minimum atomic E-state index is 0.341. The zero-order valence-electron chi connectivity index (χ0n) is 11.3. The van der Waals surface area contributed by atoms with Crippen molar-refractivity contribution in [3.05, 3.63) is 64.4 Å². The minimum Gasteiger partial charge on any atom is -0.307 e. The summed E-state index contributed by atoms with van der Waals surface area (Å²) in [5.74, 6) is 0. The zero-order chi connectivity index (χ0) is 13.7. The van der Waals surface area contributed by atoms with Crippen LogP contribution >= 0.6 is 15.9 Å². The molecule has 0 amide bonds. The van der Waals surface area contributed by atoms with Gasteiger partial charge in [-0.2, -0.15) is 0 Å². The molecule has 0 radical (unpaired) electrons. The lowest BCUT2D eigenvalue weighted by molar-refractivity contribution is 0.477. The van der Waals surface area contributed by atoms with E-state index >= 15 is 0 Å². The summed E-state index contributed by atoms with van der Waals surface area (Å²) < 4.78 is 1.13. The normalized spacial score (nSPS) is 14.1. The second-order valence-corrected chi connectivity index (χ2v) is 5.82. The van der Waals surface area contributed by atoms with Gasteiger partial charge in [0.1, 0.15) is 0 Å². The minimum absolute atomic E-state index is 0.341. The summed E-state index contributed by atoms with van der Waals surface area (Å²) in [7, 11) is 0. The Labute approximate surface area is 123 Å².